The smallest absolute Gasteiger partial charge is 0.290 e. The van der Waals surface area contributed by atoms with E-state index < -0.39 is 0 Å². The van der Waals surface area contributed by atoms with Crippen LogP contribution in [-0.4, -0.2) is 41.3 Å². The van der Waals surface area contributed by atoms with Crippen LogP contribution in [0.1, 0.15) is 46.9 Å². The molecule has 4 aromatic heterocycles. The van der Waals surface area contributed by atoms with Crippen molar-refractivity contribution in [1.82, 2.24) is 17.5 Å². The van der Waals surface area contributed by atoms with Gasteiger partial charge in [0, 0.05) is 7.11 Å². The fourth-order valence-electron chi connectivity index (χ4n) is 2.38. The Morgan fingerprint density at radius 3 is 1.64 bits per heavy atom. The number of nitrogens with two attached hydrogens (primary N) is 1. The highest BCUT2D eigenvalue weighted by Gasteiger charge is 2.12. The minimum Gasteiger partial charge on any atom is -0.483 e. The van der Waals surface area contributed by atoms with E-state index in [0.29, 0.717) is 59.5 Å². The zero-order chi connectivity index (χ0) is 33.7. The molecule has 0 radical (unpaired) electrons. The van der Waals surface area contributed by atoms with Crippen molar-refractivity contribution in [3.05, 3.63) is 55.8 Å². The Morgan fingerprint density at radius 2 is 1.27 bits per heavy atom. The van der Waals surface area contributed by atoms with Crippen molar-refractivity contribution in [2.24, 2.45) is 15.6 Å². The van der Waals surface area contributed by atoms with E-state index >= 15 is 0 Å². The van der Waals surface area contributed by atoms with E-state index in [0.717, 1.165) is 58.9 Å². The van der Waals surface area contributed by atoms with Gasteiger partial charge in [0.1, 0.15) is 44.9 Å². The maximum atomic E-state index is 9.76. The molecule has 236 valence electrons. The van der Waals surface area contributed by atoms with Crippen molar-refractivity contribution >= 4 is 78.3 Å². The number of carbonyl (C=O) groups is 1. The molecule has 18 nitrogen and oxygen atoms in total. The number of anilines is 3. The van der Waals surface area contributed by atoms with Crippen LogP contribution in [0.25, 0.3) is 4.85 Å². The van der Waals surface area contributed by atoms with Crippen LogP contribution in [0.3, 0.4) is 0 Å². The maximum absolute atomic E-state index is 9.76. The number of nitrogen functional groups attached to an aromatic ring is 1. The first kappa shape index (κ1) is 41.6. The van der Waals surface area contributed by atoms with Crippen LogP contribution in [0, 0.1) is 73.2 Å². The molecule has 4 heterocycles. The molecule has 0 saturated carbocycles. The molecule has 0 amide bonds. The highest BCUT2D eigenvalue weighted by Crippen LogP contribution is 2.36. The fourth-order valence-corrected chi connectivity index (χ4v) is 5.03. The Labute approximate surface area is 274 Å². The standard InChI is InChI=1S/C10H7N7S2.C5H4N4OS.C5H5N3S.CH2O2.CH4O.CH4/c1-5-7(4-11)9(18-15-5)13-17-14-10-8(12-3)6(2)16-19-10;1-3-4(2-6)5(7-9-10)11-8-3;1-3-4(2-6)5(7)9-8-3;2-1-3;1-2;/h1-2H3,(H,13,14);1H3,(H,7,10);7H2,1H3;1H,(H,2,3);2H,1H3;1H4. The van der Waals surface area contributed by atoms with Gasteiger partial charge in [-0.25, -0.2) is 20.1 Å². The van der Waals surface area contributed by atoms with Gasteiger partial charge in [-0.1, -0.05) is 12.6 Å². The first-order valence-electron chi connectivity index (χ1n) is 11.1. The second-order valence-electron chi connectivity index (χ2n) is 6.94. The van der Waals surface area contributed by atoms with E-state index in [1.54, 1.807) is 27.7 Å². The summed E-state index contributed by atoms with van der Waals surface area (Å²) >= 11 is 4.46. The quantitative estimate of drug-likeness (QED) is 0.0526. The topological polar surface area (TPSA) is 289 Å². The van der Waals surface area contributed by atoms with Gasteiger partial charge >= 0.3 is 0 Å². The van der Waals surface area contributed by atoms with Crippen molar-refractivity contribution in [2.45, 2.75) is 35.1 Å². The van der Waals surface area contributed by atoms with Gasteiger partial charge in [0.15, 0.2) is 10.0 Å². The molecule has 0 aliphatic carbocycles. The second-order valence-corrected chi connectivity index (χ2v) is 10.0. The lowest BCUT2D eigenvalue weighted by atomic mass is 10.3. The molecule has 0 spiro atoms. The van der Waals surface area contributed by atoms with Crippen LogP contribution in [0.2, 0.25) is 0 Å². The predicted octanol–water partition coefficient (Wildman–Crippen LogP) is 6.02. The molecule has 6 N–H and O–H groups in total. The number of hydrogen-bond acceptors (Lipinski definition) is 18. The molecule has 4 rings (SSSR count). The van der Waals surface area contributed by atoms with Crippen molar-refractivity contribution in [1.29, 1.82) is 15.8 Å². The average molecular weight is 691 g/mol. The summed E-state index contributed by atoms with van der Waals surface area (Å²) < 4.78 is 15.8. The molecule has 0 aliphatic heterocycles. The first-order valence-corrected chi connectivity index (χ1v) is 14.2. The molecule has 0 fully saturated rings. The lowest BCUT2D eigenvalue weighted by Crippen LogP contribution is -1.86. The Balaban J connectivity index is 0. The summed E-state index contributed by atoms with van der Waals surface area (Å²) in [5.41, 5.74) is 14.6. The van der Waals surface area contributed by atoms with E-state index in [9.17, 15) is 4.91 Å². The van der Waals surface area contributed by atoms with E-state index in [1.165, 1.54) is 0 Å². The zero-order valence-corrected chi connectivity index (χ0v) is 26.7. The Hall–Kier alpha value is -5.49. The first-order chi connectivity index (χ1) is 21.1. The van der Waals surface area contributed by atoms with Crippen molar-refractivity contribution < 1.29 is 15.0 Å². The van der Waals surface area contributed by atoms with Gasteiger partial charge in [-0.05, 0) is 73.8 Å². The summed E-state index contributed by atoms with van der Waals surface area (Å²) in [7, 11) is 1.00. The van der Waals surface area contributed by atoms with Crippen LogP contribution >= 0.6 is 46.1 Å². The number of aryl methyl sites for hydroxylation is 4. The zero-order valence-electron chi connectivity index (χ0n) is 23.4. The molecule has 0 atom stereocenters. The molecule has 0 unspecified atom stereocenters. The number of aliphatic hydroxyl groups is 1. The number of aromatic nitrogens is 4. The highest BCUT2D eigenvalue weighted by molar-refractivity contribution is 7.11. The van der Waals surface area contributed by atoms with Crippen LogP contribution in [0.15, 0.2) is 15.6 Å². The van der Waals surface area contributed by atoms with Crippen LogP contribution in [-0.2, 0) is 4.79 Å². The van der Waals surface area contributed by atoms with Crippen molar-refractivity contribution in [2.75, 3.05) is 23.7 Å². The number of hydrogen-bond donors (Lipinski definition) is 5. The third-order valence-corrected chi connectivity index (χ3v) is 7.58. The molecule has 22 heteroatoms. The number of aliphatic hydroxyl groups excluding tert-OH is 1. The lowest BCUT2D eigenvalue weighted by molar-refractivity contribution is -0.122. The summed E-state index contributed by atoms with van der Waals surface area (Å²) in [5, 5.41) is 51.8. The van der Waals surface area contributed by atoms with Crippen molar-refractivity contribution in [3.63, 3.8) is 0 Å². The average Bonchev–Trinajstić information content (AvgIpc) is 3.76. The van der Waals surface area contributed by atoms with E-state index in [-0.39, 0.29) is 13.9 Å². The Kier molecular flexibility index (Phi) is 21.3. The lowest BCUT2D eigenvalue weighted by Gasteiger charge is -1.93. The van der Waals surface area contributed by atoms with Gasteiger partial charge in [0.2, 0.25) is 5.69 Å². The third kappa shape index (κ3) is 12.7. The second kappa shape index (κ2) is 23.0. The SMILES string of the molecule is C.CO.Cc1nsc(N)c1C#N.Cc1nsc(NN=O)c1C#N.O=CO.[C-]#[N+]c1c(C)nsc1N=NNc1snc(C)c1C#N. The monoisotopic (exact) mass is 690 g/mol. The minimum absolute atomic E-state index is 0. The Morgan fingerprint density at radius 1 is 0.844 bits per heavy atom. The third-order valence-electron chi connectivity index (χ3n) is 4.32. The summed E-state index contributed by atoms with van der Waals surface area (Å²) in [6.07, 6.45) is 0. The van der Waals surface area contributed by atoms with Gasteiger partial charge in [0.05, 0.1) is 34.6 Å². The number of rotatable bonds is 5. The number of nitriles is 3. The molecule has 0 aromatic carbocycles. The number of nitroso groups, excluding NO2 is 1. The maximum Gasteiger partial charge on any atom is 0.290 e. The van der Waals surface area contributed by atoms with E-state index in [4.69, 9.17) is 43.1 Å². The van der Waals surface area contributed by atoms with Gasteiger partial charge in [-0.2, -0.15) is 28.9 Å². The molecular formula is C23H26N14O4S4. The minimum atomic E-state index is -0.250. The van der Waals surface area contributed by atoms with E-state index in [1.807, 2.05) is 18.2 Å². The largest absolute Gasteiger partial charge is 0.483 e. The van der Waals surface area contributed by atoms with Gasteiger partial charge < -0.3 is 15.9 Å². The molecule has 4 aromatic rings. The van der Waals surface area contributed by atoms with Crippen LogP contribution in [0.5, 0.6) is 0 Å². The normalized spacial score (nSPS) is 8.67. The number of nitrogens with zero attached hydrogens (tertiary/aromatic N) is 11. The van der Waals surface area contributed by atoms with Gasteiger partial charge in [-0.15, -0.1) is 10.0 Å². The van der Waals surface area contributed by atoms with Gasteiger partial charge in [0.25, 0.3) is 6.47 Å². The highest BCUT2D eigenvalue weighted by atomic mass is 32.1. The molecule has 0 aliphatic rings. The molecule has 0 saturated heterocycles. The molecule has 0 bridgehead atoms. The number of carboxylic acid groups (broad SMARTS) is 1. The summed E-state index contributed by atoms with van der Waals surface area (Å²) in [6, 6.07) is 5.93. The summed E-state index contributed by atoms with van der Waals surface area (Å²) in [4.78, 5) is 21.5. The molecular weight excluding hydrogens is 665 g/mol. The number of nitrogens with one attached hydrogen (secondary N) is 2. The summed E-state index contributed by atoms with van der Waals surface area (Å²) in [6.45, 7) is 13.7. The Bertz CT molecular complexity index is 1700. The predicted molar refractivity (Wildman–Crippen MR) is 173 cm³/mol. The van der Waals surface area contributed by atoms with Crippen molar-refractivity contribution in [3.8, 4) is 18.2 Å². The van der Waals surface area contributed by atoms with Crippen LogP contribution in [0.4, 0.5) is 25.7 Å². The van der Waals surface area contributed by atoms with Crippen LogP contribution < -0.4 is 16.6 Å². The van der Waals surface area contributed by atoms with Gasteiger partial charge in [-0.3, -0.25) is 4.79 Å². The van der Waals surface area contributed by atoms with E-state index in [2.05, 4.69) is 48.8 Å². The molecule has 45 heavy (non-hydrogen) atoms. The fraction of sp³-hybridized carbons (Fsp3) is 0.261. The summed E-state index contributed by atoms with van der Waals surface area (Å²) in [5.74, 6) is 0.